The molecule has 78 valence electrons. The van der Waals surface area contributed by atoms with E-state index in [2.05, 4.69) is 0 Å². The summed E-state index contributed by atoms with van der Waals surface area (Å²) in [6.45, 7) is 0. The van der Waals surface area contributed by atoms with Gasteiger partial charge in [0.1, 0.15) is 17.5 Å². The van der Waals surface area contributed by atoms with Crippen LogP contribution in [0.15, 0.2) is 18.2 Å². The van der Waals surface area contributed by atoms with Crippen molar-refractivity contribution in [2.75, 3.05) is 0 Å². The number of hydrogen-bond donors (Lipinski definition) is 3. The van der Waals surface area contributed by atoms with Crippen LogP contribution in [-0.4, -0.2) is 16.4 Å². The van der Waals surface area contributed by atoms with Gasteiger partial charge >= 0.3 is 6.18 Å². The van der Waals surface area contributed by atoms with Gasteiger partial charge in [-0.05, 0) is 17.7 Å². The number of benzene rings is 1. The van der Waals surface area contributed by atoms with Crippen molar-refractivity contribution in [1.29, 1.82) is 0 Å². The molecule has 1 atom stereocenters. The van der Waals surface area contributed by atoms with Gasteiger partial charge in [-0.3, -0.25) is 0 Å². The van der Waals surface area contributed by atoms with Crippen LogP contribution < -0.4 is 5.73 Å². The first-order valence-electron chi connectivity index (χ1n) is 3.66. The van der Waals surface area contributed by atoms with Gasteiger partial charge in [-0.25, -0.2) is 0 Å². The first-order chi connectivity index (χ1) is 6.30. The van der Waals surface area contributed by atoms with E-state index in [9.17, 15) is 13.2 Å². The van der Waals surface area contributed by atoms with E-state index in [-0.39, 0.29) is 5.56 Å². The highest BCUT2D eigenvalue weighted by Crippen LogP contribution is 2.33. The molecule has 0 aliphatic heterocycles. The lowest BCUT2D eigenvalue weighted by molar-refractivity contribution is -0.149. The van der Waals surface area contributed by atoms with Gasteiger partial charge < -0.3 is 15.9 Å². The maximum absolute atomic E-state index is 12.1. The van der Waals surface area contributed by atoms with Crippen LogP contribution in [0.5, 0.6) is 11.5 Å². The van der Waals surface area contributed by atoms with E-state index in [1.54, 1.807) is 0 Å². The largest absolute Gasteiger partial charge is 0.508 e. The number of hydrogen-bond acceptors (Lipinski definition) is 3. The van der Waals surface area contributed by atoms with E-state index in [4.69, 9.17) is 15.9 Å². The second kappa shape index (κ2) is 3.38. The number of halogens is 3. The minimum absolute atomic E-state index is 0.380. The summed E-state index contributed by atoms with van der Waals surface area (Å²) in [7, 11) is 0. The molecule has 0 radical (unpaired) electrons. The lowest BCUT2D eigenvalue weighted by Gasteiger charge is -2.16. The summed E-state index contributed by atoms with van der Waals surface area (Å²) in [4.78, 5) is 0. The van der Waals surface area contributed by atoms with Gasteiger partial charge in [-0.2, -0.15) is 13.2 Å². The molecule has 0 spiro atoms. The van der Waals surface area contributed by atoms with E-state index in [1.807, 2.05) is 0 Å². The molecule has 1 aromatic carbocycles. The van der Waals surface area contributed by atoms with Crippen LogP contribution in [-0.2, 0) is 0 Å². The highest BCUT2D eigenvalue weighted by atomic mass is 19.4. The summed E-state index contributed by atoms with van der Waals surface area (Å²) in [5.41, 5.74) is 4.48. The van der Waals surface area contributed by atoms with Crippen LogP contribution in [0.3, 0.4) is 0 Å². The fraction of sp³-hybridized carbons (Fsp3) is 0.250. The van der Waals surface area contributed by atoms with E-state index in [1.165, 1.54) is 0 Å². The molecule has 0 aliphatic rings. The molecule has 1 aromatic rings. The zero-order valence-electron chi connectivity index (χ0n) is 6.92. The molecule has 1 rings (SSSR count). The molecule has 1 unspecified atom stereocenters. The minimum Gasteiger partial charge on any atom is -0.508 e. The van der Waals surface area contributed by atoms with Gasteiger partial charge in [0.2, 0.25) is 0 Å². The van der Waals surface area contributed by atoms with Crippen LogP contribution in [0, 0.1) is 0 Å². The number of rotatable bonds is 1. The minimum atomic E-state index is -4.60. The second-order valence-electron chi connectivity index (χ2n) is 2.80. The maximum Gasteiger partial charge on any atom is 0.407 e. The fourth-order valence-corrected chi connectivity index (χ4v) is 0.987. The smallest absolute Gasteiger partial charge is 0.407 e. The molecule has 0 bridgehead atoms. The summed E-state index contributed by atoms with van der Waals surface area (Å²) in [6, 6.07) is 0.433. The van der Waals surface area contributed by atoms with Gasteiger partial charge in [0, 0.05) is 6.07 Å². The first-order valence-corrected chi connectivity index (χ1v) is 3.66. The zero-order chi connectivity index (χ0) is 10.9. The third-order valence-corrected chi connectivity index (χ3v) is 1.64. The van der Waals surface area contributed by atoms with Crippen molar-refractivity contribution >= 4 is 0 Å². The Bertz CT molecular complexity index is 318. The second-order valence-corrected chi connectivity index (χ2v) is 2.80. The molecule has 3 nitrogen and oxygen atoms in total. The SMILES string of the molecule is NC(c1cc(O)cc(O)c1)C(F)(F)F. The van der Waals surface area contributed by atoms with Gasteiger partial charge in [0.05, 0.1) is 0 Å². The van der Waals surface area contributed by atoms with Crippen molar-refractivity contribution in [3.63, 3.8) is 0 Å². The number of phenolic OH excluding ortho intramolecular Hbond substituents is 2. The molecule has 0 heterocycles. The normalized spacial score (nSPS) is 14.0. The summed E-state index contributed by atoms with van der Waals surface area (Å²) >= 11 is 0. The molecule has 6 heteroatoms. The van der Waals surface area contributed by atoms with Gasteiger partial charge in [-0.15, -0.1) is 0 Å². The molecule has 0 saturated carbocycles. The molecule has 0 saturated heterocycles. The Labute approximate surface area is 77.6 Å². The molecule has 0 amide bonds. The van der Waals surface area contributed by atoms with E-state index in [0.717, 1.165) is 18.2 Å². The Morgan fingerprint density at radius 2 is 1.50 bits per heavy atom. The number of nitrogens with two attached hydrogens (primary N) is 1. The van der Waals surface area contributed by atoms with Crippen LogP contribution in [0.2, 0.25) is 0 Å². The van der Waals surface area contributed by atoms with E-state index >= 15 is 0 Å². The molecule has 0 aliphatic carbocycles. The number of phenols is 2. The van der Waals surface area contributed by atoms with Crippen molar-refractivity contribution in [2.24, 2.45) is 5.73 Å². The van der Waals surface area contributed by atoms with Crippen LogP contribution in [0.1, 0.15) is 11.6 Å². The lowest BCUT2D eigenvalue weighted by Crippen LogP contribution is -2.28. The first kappa shape index (κ1) is 10.6. The van der Waals surface area contributed by atoms with Gasteiger partial charge in [0.25, 0.3) is 0 Å². The van der Waals surface area contributed by atoms with Crippen molar-refractivity contribution in [3.05, 3.63) is 23.8 Å². The number of aromatic hydroxyl groups is 2. The molecule has 14 heavy (non-hydrogen) atoms. The average molecular weight is 207 g/mol. The zero-order valence-corrected chi connectivity index (χ0v) is 6.92. The third-order valence-electron chi connectivity index (χ3n) is 1.64. The Balaban J connectivity index is 3.07. The van der Waals surface area contributed by atoms with Crippen LogP contribution in [0.25, 0.3) is 0 Å². The molecule has 4 N–H and O–H groups in total. The molecular weight excluding hydrogens is 199 g/mol. The highest BCUT2D eigenvalue weighted by molar-refractivity contribution is 5.38. The van der Waals surface area contributed by atoms with Crippen molar-refractivity contribution < 1.29 is 23.4 Å². The summed E-state index contributed by atoms with van der Waals surface area (Å²) in [6.07, 6.45) is -4.60. The molecule has 0 fully saturated rings. The Morgan fingerprint density at radius 3 is 1.86 bits per heavy atom. The monoisotopic (exact) mass is 207 g/mol. The highest BCUT2D eigenvalue weighted by Gasteiger charge is 2.38. The summed E-state index contributed by atoms with van der Waals surface area (Å²) in [5, 5.41) is 17.9. The summed E-state index contributed by atoms with van der Waals surface area (Å²) in [5.74, 6) is -0.917. The lowest BCUT2D eigenvalue weighted by atomic mass is 10.1. The number of alkyl halides is 3. The summed E-state index contributed by atoms with van der Waals surface area (Å²) < 4.78 is 36.3. The van der Waals surface area contributed by atoms with Crippen LogP contribution >= 0.6 is 0 Å². The predicted octanol–water partition coefficient (Wildman–Crippen LogP) is 1.66. The van der Waals surface area contributed by atoms with Crippen molar-refractivity contribution in [2.45, 2.75) is 12.2 Å². The topological polar surface area (TPSA) is 66.5 Å². The van der Waals surface area contributed by atoms with E-state index < -0.39 is 23.7 Å². The third kappa shape index (κ3) is 2.29. The van der Waals surface area contributed by atoms with Crippen molar-refractivity contribution in [3.8, 4) is 11.5 Å². The van der Waals surface area contributed by atoms with E-state index in [0.29, 0.717) is 0 Å². The van der Waals surface area contributed by atoms with Gasteiger partial charge in [-0.1, -0.05) is 0 Å². The standard InChI is InChI=1S/C8H8F3NO2/c9-8(10,11)7(12)4-1-5(13)3-6(14)2-4/h1-3,7,13-14H,12H2. The molecular formula is C8H8F3NO2. The molecule has 0 aromatic heterocycles. The Hall–Kier alpha value is -1.43. The quantitative estimate of drug-likeness (QED) is 0.656. The Kier molecular flexibility index (Phi) is 2.57. The maximum atomic E-state index is 12.1. The predicted molar refractivity (Wildman–Crippen MR) is 42.8 cm³/mol. The fourth-order valence-electron chi connectivity index (χ4n) is 0.987. The van der Waals surface area contributed by atoms with Crippen molar-refractivity contribution in [1.82, 2.24) is 0 Å². The van der Waals surface area contributed by atoms with Gasteiger partial charge in [0.15, 0.2) is 0 Å². The Morgan fingerprint density at radius 1 is 1.07 bits per heavy atom. The average Bonchev–Trinajstić information content (AvgIpc) is 1.99. The van der Waals surface area contributed by atoms with Crippen LogP contribution in [0.4, 0.5) is 13.2 Å².